The van der Waals surface area contributed by atoms with Crippen molar-refractivity contribution in [3.63, 3.8) is 0 Å². The average Bonchev–Trinajstić information content (AvgIpc) is 3.07. The van der Waals surface area contributed by atoms with E-state index in [-0.39, 0.29) is 16.8 Å². The second-order valence-corrected chi connectivity index (χ2v) is 7.76. The fourth-order valence-corrected chi connectivity index (χ4v) is 4.01. The van der Waals surface area contributed by atoms with Gasteiger partial charge in [0.05, 0.1) is 16.3 Å². The Hall–Kier alpha value is -2.55. The van der Waals surface area contributed by atoms with Gasteiger partial charge in [0, 0.05) is 18.7 Å². The van der Waals surface area contributed by atoms with Gasteiger partial charge >= 0.3 is 5.69 Å². The fraction of sp³-hybridized carbons (Fsp3) is 0.412. The number of H-pyrrole nitrogens is 2. The zero-order chi connectivity index (χ0) is 18.1. The molecule has 0 saturated carbocycles. The second kappa shape index (κ2) is 6.99. The summed E-state index contributed by atoms with van der Waals surface area (Å²) in [4.78, 5) is 29.2. The Balaban J connectivity index is 1.45. The molecule has 3 N–H and O–H groups in total. The van der Waals surface area contributed by atoms with Crippen molar-refractivity contribution in [2.45, 2.75) is 49.6 Å². The molecule has 0 saturated heterocycles. The molecule has 0 bridgehead atoms. The zero-order valence-corrected chi connectivity index (χ0v) is 15.2. The number of imidazole rings is 1. The minimum absolute atomic E-state index is 0.113. The van der Waals surface area contributed by atoms with Gasteiger partial charge in [0.15, 0.2) is 5.16 Å². The van der Waals surface area contributed by atoms with Crippen LogP contribution in [-0.4, -0.2) is 35.9 Å². The number of benzene rings is 1. The summed E-state index contributed by atoms with van der Waals surface area (Å²) < 4.78 is 2.14. The smallest absolute Gasteiger partial charge is 0.323 e. The summed E-state index contributed by atoms with van der Waals surface area (Å²) >= 11 is 1.42. The van der Waals surface area contributed by atoms with Crippen LogP contribution in [0.25, 0.3) is 11.0 Å². The van der Waals surface area contributed by atoms with Gasteiger partial charge in [0.1, 0.15) is 5.82 Å². The molecule has 1 aliphatic rings. The Morgan fingerprint density at radius 1 is 1.23 bits per heavy atom. The number of fused-ring (bicyclic) bond motifs is 2. The molecule has 0 radical (unpaired) electrons. The highest BCUT2D eigenvalue weighted by molar-refractivity contribution is 8.00. The number of nitrogens with one attached hydrogen (secondary N) is 3. The number of carbonyl (C=O) groups is 1. The van der Waals surface area contributed by atoms with Gasteiger partial charge in [-0.15, -0.1) is 10.2 Å². The number of amides is 1. The first-order valence-corrected chi connectivity index (χ1v) is 9.60. The molecule has 8 nitrogen and oxygen atoms in total. The SMILES string of the molecule is C[C@H](Sc1nnc2n1CCCCC2)C(=O)Nc1ccc2[nH]c(=O)[nH]c2c1. The lowest BCUT2D eigenvalue weighted by molar-refractivity contribution is -0.115. The third-order valence-electron chi connectivity index (χ3n) is 4.51. The first-order valence-electron chi connectivity index (χ1n) is 8.72. The molecular formula is C17H20N6O2S. The number of nitrogens with zero attached hydrogens (tertiary/aromatic N) is 3. The number of hydrogen-bond acceptors (Lipinski definition) is 5. The van der Waals surface area contributed by atoms with Crippen LogP contribution in [0.4, 0.5) is 5.69 Å². The maximum Gasteiger partial charge on any atom is 0.323 e. The number of carbonyl (C=O) groups excluding carboxylic acids is 1. The second-order valence-electron chi connectivity index (χ2n) is 6.45. The van der Waals surface area contributed by atoms with Gasteiger partial charge in [-0.2, -0.15) is 0 Å². The topological polar surface area (TPSA) is 108 Å². The van der Waals surface area contributed by atoms with Gasteiger partial charge in [-0.05, 0) is 38.0 Å². The largest absolute Gasteiger partial charge is 0.325 e. The molecule has 1 aliphatic heterocycles. The first-order chi connectivity index (χ1) is 12.6. The minimum Gasteiger partial charge on any atom is -0.325 e. The molecule has 1 atom stereocenters. The average molecular weight is 372 g/mol. The molecule has 3 heterocycles. The number of aromatic amines is 2. The van der Waals surface area contributed by atoms with Gasteiger partial charge in [-0.25, -0.2) is 4.79 Å². The summed E-state index contributed by atoms with van der Waals surface area (Å²) in [6, 6.07) is 5.27. The van der Waals surface area contributed by atoms with Crippen LogP contribution in [0.15, 0.2) is 28.2 Å². The normalized spacial score (nSPS) is 15.4. The lowest BCUT2D eigenvalue weighted by Gasteiger charge is -2.12. The summed E-state index contributed by atoms with van der Waals surface area (Å²) in [5.41, 5.74) is 1.75. The molecule has 26 heavy (non-hydrogen) atoms. The third kappa shape index (κ3) is 3.39. The predicted molar refractivity (Wildman–Crippen MR) is 100 cm³/mol. The van der Waals surface area contributed by atoms with Crippen LogP contribution in [0.3, 0.4) is 0 Å². The summed E-state index contributed by atoms with van der Waals surface area (Å²) in [7, 11) is 0. The molecule has 1 aromatic carbocycles. The zero-order valence-electron chi connectivity index (χ0n) is 14.4. The van der Waals surface area contributed by atoms with Gasteiger partial charge in [-0.3, -0.25) is 4.79 Å². The van der Waals surface area contributed by atoms with E-state index in [0.717, 1.165) is 36.8 Å². The van der Waals surface area contributed by atoms with Crippen molar-refractivity contribution in [2.24, 2.45) is 0 Å². The third-order valence-corrected chi connectivity index (χ3v) is 5.59. The number of aromatic nitrogens is 5. The van der Waals surface area contributed by atoms with E-state index in [0.29, 0.717) is 16.7 Å². The summed E-state index contributed by atoms with van der Waals surface area (Å²) in [5, 5.41) is 11.9. The van der Waals surface area contributed by atoms with Crippen LogP contribution >= 0.6 is 11.8 Å². The molecule has 136 valence electrons. The van der Waals surface area contributed by atoms with E-state index < -0.39 is 0 Å². The van der Waals surface area contributed by atoms with Crippen LogP contribution in [-0.2, 0) is 17.8 Å². The predicted octanol–water partition coefficient (Wildman–Crippen LogP) is 2.29. The number of rotatable bonds is 4. The van der Waals surface area contributed by atoms with Crippen molar-refractivity contribution in [1.29, 1.82) is 0 Å². The maximum absolute atomic E-state index is 12.5. The number of hydrogen-bond donors (Lipinski definition) is 3. The molecule has 9 heteroatoms. The quantitative estimate of drug-likeness (QED) is 0.609. The van der Waals surface area contributed by atoms with E-state index in [9.17, 15) is 9.59 Å². The first kappa shape index (κ1) is 16.9. The fourth-order valence-electron chi connectivity index (χ4n) is 3.11. The van der Waals surface area contributed by atoms with Crippen molar-refractivity contribution >= 4 is 34.4 Å². The highest BCUT2D eigenvalue weighted by Crippen LogP contribution is 2.26. The molecule has 0 unspecified atom stereocenters. The van der Waals surface area contributed by atoms with Crippen molar-refractivity contribution in [3.05, 3.63) is 34.5 Å². The molecule has 2 aromatic heterocycles. The van der Waals surface area contributed by atoms with Gasteiger partial charge in [0.25, 0.3) is 0 Å². The Bertz CT molecular complexity index is 1000. The van der Waals surface area contributed by atoms with Crippen molar-refractivity contribution in [2.75, 3.05) is 5.32 Å². The molecule has 0 spiro atoms. The lowest BCUT2D eigenvalue weighted by Crippen LogP contribution is -2.23. The number of anilines is 1. The summed E-state index contributed by atoms with van der Waals surface area (Å²) in [6.07, 6.45) is 4.41. The van der Waals surface area contributed by atoms with Crippen LogP contribution in [0.2, 0.25) is 0 Å². The monoisotopic (exact) mass is 372 g/mol. The van der Waals surface area contributed by atoms with Crippen molar-refractivity contribution in [3.8, 4) is 0 Å². The molecule has 0 aliphatic carbocycles. The lowest BCUT2D eigenvalue weighted by atomic mass is 10.2. The Kier molecular flexibility index (Phi) is 4.54. The van der Waals surface area contributed by atoms with E-state index in [2.05, 4.69) is 30.0 Å². The van der Waals surface area contributed by atoms with Crippen molar-refractivity contribution in [1.82, 2.24) is 24.7 Å². The van der Waals surface area contributed by atoms with Crippen LogP contribution in [0, 0.1) is 0 Å². The Labute approximate surface area is 153 Å². The highest BCUT2D eigenvalue weighted by atomic mass is 32.2. The molecular weight excluding hydrogens is 352 g/mol. The van der Waals surface area contributed by atoms with Gasteiger partial charge in [0.2, 0.25) is 5.91 Å². The number of aryl methyl sites for hydroxylation is 1. The van der Waals surface area contributed by atoms with Crippen molar-refractivity contribution < 1.29 is 4.79 Å². The molecule has 4 rings (SSSR count). The van der Waals surface area contributed by atoms with Crippen LogP contribution in [0.5, 0.6) is 0 Å². The molecule has 1 amide bonds. The highest BCUT2D eigenvalue weighted by Gasteiger charge is 2.21. The van der Waals surface area contributed by atoms with Gasteiger partial charge in [-0.1, -0.05) is 18.2 Å². The molecule has 3 aromatic rings. The summed E-state index contributed by atoms with van der Waals surface area (Å²) in [6.45, 7) is 2.77. The van der Waals surface area contributed by atoms with E-state index >= 15 is 0 Å². The minimum atomic E-state index is -0.312. The molecule has 0 fully saturated rings. The number of thioether (sulfide) groups is 1. The maximum atomic E-state index is 12.5. The van der Waals surface area contributed by atoms with Crippen LogP contribution < -0.4 is 11.0 Å². The Morgan fingerprint density at radius 2 is 2.08 bits per heavy atom. The van der Waals surface area contributed by atoms with E-state index in [1.54, 1.807) is 18.2 Å². The van der Waals surface area contributed by atoms with E-state index in [1.165, 1.54) is 18.2 Å². The van der Waals surface area contributed by atoms with E-state index in [1.807, 2.05) is 6.92 Å². The standard InChI is InChI=1S/C17H20N6O2S/c1-10(26-17-22-21-14-5-3-2-4-8-23(14)17)15(24)18-11-6-7-12-13(9-11)20-16(25)19-12/h6-7,9-10H,2-5,8H2,1H3,(H,18,24)(H2,19,20,25)/t10-/m0/s1. The van der Waals surface area contributed by atoms with E-state index in [4.69, 9.17) is 0 Å². The summed E-state index contributed by atoms with van der Waals surface area (Å²) in [5.74, 6) is 0.901. The van der Waals surface area contributed by atoms with Crippen LogP contribution in [0.1, 0.15) is 32.0 Å². The van der Waals surface area contributed by atoms with Gasteiger partial charge < -0.3 is 19.9 Å². The Morgan fingerprint density at radius 3 is 2.96 bits per heavy atom.